The van der Waals surface area contributed by atoms with E-state index in [1.54, 1.807) is 0 Å². The minimum Gasteiger partial charge on any atom is -0.378 e. The minimum absolute atomic E-state index is 0.0470. The molecule has 0 saturated heterocycles. The summed E-state index contributed by atoms with van der Waals surface area (Å²) in [6.07, 6.45) is 0. The first kappa shape index (κ1) is 15.1. The summed E-state index contributed by atoms with van der Waals surface area (Å²) in [6.45, 7) is -0.245. The number of halogens is 4. The van der Waals surface area contributed by atoms with E-state index in [4.69, 9.17) is 11.6 Å². The first-order valence-electron chi connectivity index (χ1n) is 5.69. The zero-order valence-electron chi connectivity index (χ0n) is 10.4. The number of nitro benzene ring substituents is 1. The van der Waals surface area contributed by atoms with Gasteiger partial charge >= 0.3 is 5.69 Å². The number of hydrogen-bond acceptors (Lipinski definition) is 3. The molecule has 0 bridgehead atoms. The smallest absolute Gasteiger partial charge is 0.305 e. The van der Waals surface area contributed by atoms with Gasteiger partial charge in [0.2, 0.25) is 5.82 Å². The van der Waals surface area contributed by atoms with Crippen LogP contribution < -0.4 is 5.32 Å². The van der Waals surface area contributed by atoms with Crippen molar-refractivity contribution in [3.05, 3.63) is 68.5 Å². The standard InChI is InChI=1S/C13H8ClF3N2O2/c14-8-1-2-12(10(16)4-8)18-6-7-3-13(19(20)21)11(17)5-9(7)15/h1-5,18H,6H2. The van der Waals surface area contributed by atoms with Gasteiger partial charge in [0, 0.05) is 29.3 Å². The minimum atomic E-state index is -1.26. The van der Waals surface area contributed by atoms with Crippen molar-refractivity contribution in [1.82, 2.24) is 0 Å². The summed E-state index contributed by atoms with van der Waals surface area (Å²) in [5.74, 6) is -2.88. The Hall–Kier alpha value is -2.28. The summed E-state index contributed by atoms with van der Waals surface area (Å²) in [7, 11) is 0. The van der Waals surface area contributed by atoms with Gasteiger partial charge in [0.05, 0.1) is 10.6 Å². The van der Waals surface area contributed by atoms with Crippen LogP contribution in [0.5, 0.6) is 0 Å². The molecule has 0 heterocycles. The lowest BCUT2D eigenvalue weighted by Gasteiger charge is -2.09. The van der Waals surface area contributed by atoms with E-state index in [1.165, 1.54) is 12.1 Å². The molecule has 2 aromatic rings. The zero-order valence-corrected chi connectivity index (χ0v) is 11.1. The number of nitro groups is 1. The molecule has 1 N–H and O–H groups in total. The molecule has 2 rings (SSSR count). The van der Waals surface area contributed by atoms with E-state index in [-0.39, 0.29) is 22.8 Å². The fourth-order valence-corrected chi connectivity index (χ4v) is 1.84. The van der Waals surface area contributed by atoms with E-state index in [1.807, 2.05) is 0 Å². The molecule has 110 valence electrons. The molecule has 0 atom stereocenters. The normalized spacial score (nSPS) is 10.5. The van der Waals surface area contributed by atoms with E-state index in [0.29, 0.717) is 6.07 Å². The molecule has 0 aliphatic heterocycles. The number of nitrogens with zero attached hydrogens (tertiary/aromatic N) is 1. The lowest BCUT2D eigenvalue weighted by atomic mass is 10.1. The SMILES string of the molecule is O=[N+]([O-])c1cc(CNc2ccc(Cl)cc2F)c(F)cc1F. The van der Waals surface area contributed by atoms with Crippen LogP contribution in [0.4, 0.5) is 24.5 Å². The van der Waals surface area contributed by atoms with Crippen molar-refractivity contribution in [2.24, 2.45) is 0 Å². The van der Waals surface area contributed by atoms with Gasteiger partial charge in [0.1, 0.15) is 11.6 Å². The molecule has 0 unspecified atom stereocenters. The molecule has 0 aliphatic rings. The average molecular weight is 317 g/mol. The summed E-state index contributed by atoms with van der Waals surface area (Å²) in [5.41, 5.74) is -0.951. The first-order valence-corrected chi connectivity index (χ1v) is 6.07. The lowest BCUT2D eigenvalue weighted by molar-refractivity contribution is -0.387. The van der Waals surface area contributed by atoms with Crippen molar-refractivity contribution in [2.45, 2.75) is 6.54 Å². The van der Waals surface area contributed by atoms with E-state index in [2.05, 4.69) is 5.32 Å². The number of hydrogen-bond donors (Lipinski definition) is 1. The van der Waals surface area contributed by atoms with Crippen molar-refractivity contribution in [1.29, 1.82) is 0 Å². The number of nitrogens with one attached hydrogen (secondary N) is 1. The van der Waals surface area contributed by atoms with Crippen LogP contribution in [0.15, 0.2) is 30.3 Å². The monoisotopic (exact) mass is 316 g/mol. The topological polar surface area (TPSA) is 55.2 Å². The molecule has 0 amide bonds. The molecule has 21 heavy (non-hydrogen) atoms. The van der Waals surface area contributed by atoms with Crippen LogP contribution in [0.1, 0.15) is 5.56 Å². The first-order chi connectivity index (χ1) is 9.88. The third-order valence-electron chi connectivity index (χ3n) is 2.71. The Balaban J connectivity index is 2.23. The Morgan fingerprint density at radius 1 is 1.10 bits per heavy atom. The van der Waals surface area contributed by atoms with Crippen LogP contribution in [0.25, 0.3) is 0 Å². The third kappa shape index (κ3) is 3.43. The van der Waals surface area contributed by atoms with Gasteiger partial charge in [-0.05, 0) is 18.2 Å². The van der Waals surface area contributed by atoms with Crippen LogP contribution in [0, 0.1) is 27.6 Å². The maximum Gasteiger partial charge on any atom is 0.305 e. The molecule has 0 aromatic heterocycles. The van der Waals surface area contributed by atoms with Gasteiger partial charge in [0.25, 0.3) is 0 Å². The Morgan fingerprint density at radius 3 is 2.43 bits per heavy atom. The maximum absolute atomic E-state index is 13.5. The second kappa shape index (κ2) is 6.01. The van der Waals surface area contributed by atoms with Crippen LogP contribution in [0.3, 0.4) is 0 Å². The van der Waals surface area contributed by atoms with Gasteiger partial charge in [-0.1, -0.05) is 11.6 Å². The molecule has 0 aliphatic carbocycles. The molecule has 0 radical (unpaired) electrons. The second-order valence-corrected chi connectivity index (χ2v) is 4.57. The quantitative estimate of drug-likeness (QED) is 0.676. The molecule has 8 heteroatoms. The maximum atomic E-state index is 13.5. The van der Waals surface area contributed by atoms with Crippen LogP contribution >= 0.6 is 11.6 Å². The number of benzene rings is 2. The van der Waals surface area contributed by atoms with Crippen molar-refractivity contribution in [3.63, 3.8) is 0 Å². The van der Waals surface area contributed by atoms with Gasteiger partial charge in [-0.15, -0.1) is 0 Å². The Bertz CT molecular complexity index is 710. The van der Waals surface area contributed by atoms with E-state index >= 15 is 0 Å². The highest BCUT2D eigenvalue weighted by atomic mass is 35.5. The summed E-state index contributed by atoms with van der Waals surface area (Å²) >= 11 is 5.59. The average Bonchev–Trinajstić information content (AvgIpc) is 2.39. The van der Waals surface area contributed by atoms with Crippen LogP contribution in [0.2, 0.25) is 5.02 Å². The molecular formula is C13H8ClF3N2O2. The van der Waals surface area contributed by atoms with Crippen molar-refractivity contribution in [3.8, 4) is 0 Å². The Morgan fingerprint density at radius 2 is 1.81 bits per heavy atom. The largest absolute Gasteiger partial charge is 0.378 e. The molecule has 0 spiro atoms. The van der Waals surface area contributed by atoms with Gasteiger partial charge in [-0.2, -0.15) is 4.39 Å². The fourth-order valence-electron chi connectivity index (χ4n) is 1.68. The number of rotatable bonds is 4. The molecule has 4 nitrogen and oxygen atoms in total. The third-order valence-corrected chi connectivity index (χ3v) is 2.95. The summed E-state index contributed by atoms with van der Waals surface area (Å²) in [6, 6.07) is 5.02. The number of anilines is 1. The lowest BCUT2D eigenvalue weighted by Crippen LogP contribution is -2.05. The Labute approximate surface area is 122 Å². The molecule has 0 fully saturated rings. The van der Waals surface area contributed by atoms with E-state index in [9.17, 15) is 23.3 Å². The molecule has 0 saturated carbocycles. The van der Waals surface area contributed by atoms with Crippen LogP contribution in [-0.2, 0) is 6.54 Å². The highest BCUT2D eigenvalue weighted by molar-refractivity contribution is 6.30. The summed E-state index contributed by atoms with van der Waals surface area (Å²) in [4.78, 5) is 9.64. The van der Waals surface area contributed by atoms with Gasteiger partial charge in [-0.3, -0.25) is 10.1 Å². The van der Waals surface area contributed by atoms with Gasteiger partial charge < -0.3 is 5.32 Å². The van der Waals surface area contributed by atoms with Gasteiger partial charge in [-0.25, -0.2) is 8.78 Å². The van der Waals surface area contributed by atoms with Gasteiger partial charge in [0.15, 0.2) is 0 Å². The van der Waals surface area contributed by atoms with Crippen LogP contribution in [-0.4, -0.2) is 4.92 Å². The Kier molecular flexibility index (Phi) is 4.32. The predicted molar refractivity (Wildman–Crippen MR) is 71.7 cm³/mol. The van der Waals surface area contributed by atoms with Crippen molar-refractivity contribution < 1.29 is 18.1 Å². The molecular weight excluding hydrogens is 309 g/mol. The van der Waals surface area contributed by atoms with Crippen molar-refractivity contribution >= 4 is 23.0 Å². The fraction of sp³-hybridized carbons (Fsp3) is 0.0769. The zero-order chi connectivity index (χ0) is 15.6. The van der Waals surface area contributed by atoms with Crippen molar-refractivity contribution in [2.75, 3.05) is 5.32 Å². The summed E-state index contributed by atoms with van der Waals surface area (Å²) in [5, 5.41) is 13.4. The van der Waals surface area contributed by atoms with E-state index < -0.39 is 28.1 Å². The van der Waals surface area contributed by atoms with E-state index in [0.717, 1.165) is 12.1 Å². The molecule has 2 aromatic carbocycles. The second-order valence-electron chi connectivity index (χ2n) is 4.13. The summed E-state index contributed by atoms with van der Waals surface area (Å²) < 4.78 is 40.2. The highest BCUT2D eigenvalue weighted by Crippen LogP contribution is 2.24. The highest BCUT2D eigenvalue weighted by Gasteiger charge is 2.18. The predicted octanol–water partition coefficient (Wildman–Crippen LogP) is 4.28.